The van der Waals surface area contributed by atoms with Crippen molar-refractivity contribution in [3.05, 3.63) is 40.7 Å². The Balaban J connectivity index is 2.49. The molecule has 0 aliphatic carbocycles. The highest BCUT2D eigenvalue weighted by Gasteiger charge is 2.15. The summed E-state index contributed by atoms with van der Waals surface area (Å²) in [6.45, 7) is 1.68. The van der Waals surface area contributed by atoms with Crippen LogP contribution in [0, 0.1) is 12.7 Å². The third-order valence-electron chi connectivity index (χ3n) is 2.07. The van der Waals surface area contributed by atoms with E-state index in [2.05, 4.69) is 4.98 Å². The van der Waals surface area contributed by atoms with Gasteiger partial charge in [-0.05, 0) is 19.1 Å². The zero-order valence-electron chi connectivity index (χ0n) is 8.40. The molecular formula is C11H8FNO2S. The number of halogens is 1. The van der Waals surface area contributed by atoms with Crippen molar-refractivity contribution in [3.8, 4) is 10.6 Å². The van der Waals surface area contributed by atoms with Gasteiger partial charge in [-0.2, -0.15) is 0 Å². The van der Waals surface area contributed by atoms with Gasteiger partial charge in [-0.1, -0.05) is 12.1 Å². The summed E-state index contributed by atoms with van der Waals surface area (Å²) in [7, 11) is 0. The predicted molar refractivity (Wildman–Crippen MR) is 59.2 cm³/mol. The fraction of sp³-hybridized carbons (Fsp3) is 0.0909. The van der Waals surface area contributed by atoms with E-state index >= 15 is 0 Å². The molecule has 0 saturated heterocycles. The number of thiazole rings is 1. The average molecular weight is 237 g/mol. The first kappa shape index (κ1) is 10.8. The molecule has 0 unspecified atom stereocenters. The summed E-state index contributed by atoms with van der Waals surface area (Å²) in [5.41, 5.74) is 0.630. The second-order valence-electron chi connectivity index (χ2n) is 3.24. The molecule has 0 atom stereocenters. The highest BCUT2D eigenvalue weighted by Crippen LogP contribution is 2.27. The number of hydrogen-bond donors (Lipinski definition) is 1. The first-order valence-corrected chi connectivity index (χ1v) is 5.36. The zero-order chi connectivity index (χ0) is 11.7. The van der Waals surface area contributed by atoms with E-state index in [9.17, 15) is 9.18 Å². The van der Waals surface area contributed by atoms with Gasteiger partial charge < -0.3 is 5.11 Å². The van der Waals surface area contributed by atoms with E-state index in [4.69, 9.17) is 5.11 Å². The van der Waals surface area contributed by atoms with Gasteiger partial charge in [-0.25, -0.2) is 14.2 Å². The fourth-order valence-electron chi connectivity index (χ4n) is 1.34. The van der Waals surface area contributed by atoms with Gasteiger partial charge in [0.2, 0.25) is 0 Å². The van der Waals surface area contributed by atoms with Crippen LogP contribution in [0.5, 0.6) is 0 Å². The molecule has 0 aliphatic rings. The summed E-state index contributed by atoms with van der Waals surface area (Å²) in [6, 6.07) is 5.95. The summed E-state index contributed by atoms with van der Waals surface area (Å²) < 4.78 is 13.0. The number of rotatable bonds is 2. The highest BCUT2D eigenvalue weighted by atomic mass is 32.1. The van der Waals surface area contributed by atoms with Crippen molar-refractivity contribution in [1.82, 2.24) is 4.98 Å². The van der Waals surface area contributed by atoms with E-state index in [1.54, 1.807) is 19.1 Å². The molecule has 0 spiro atoms. The Bertz CT molecular complexity index is 551. The smallest absolute Gasteiger partial charge is 0.355 e. The molecular weight excluding hydrogens is 229 g/mol. The molecule has 1 N–H and O–H groups in total. The molecule has 1 aromatic carbocycles. The van der Waals surface area contributed by atoms with E-state index in [-0.39, 0.29) is 11.5 Å². The van der Waals surface area contributed by atoms with Gasteiger partial charge in [0.1, 0.15) is 10.8 Å². The number of carbonyl (C=O) groups is 1. The van der Waals surface area contributed by atoms with Gasteiger partial charge in [-0.3, -0.25) is 0 Å². The van der Waals surface area contributed by atoms with Gasteiger partial charge in [0, 0.05) is 10.4 Å². The van der Waals surface area contributed by atoms with E-state index < -0.39 is 5.97 Å². The Morgan fingerprint density at radius 2 is 2.25 bits per heavy atom. The Kier molecular flexibility index (Phi) is 2.70. The third kappa shape index (κ3) is 1.94. The van der Waals surface area contributed by atoms with Crippen LogP contribution in [0.15, 0.2) is 24.3 Å². The number of carboxylic acid groups (broad SMARTS) is 1. The SMILES string of the molecule is Cc1sc(-c2cccc(F)c2)nc1C(=O)O. The number of nitrogens with zero attached hydrogens (tertiary/aromatic N) is 1. The molecule has 16 heavy (non-hydrogen) atoms. The first-order valence-electron chi connectivity index (χ1n) is 4.54. The van der Waals surface area contributed by atoms with Crippen molar-refractivity contribution >= 4 is 17.3 Å². The summed E-state index contributed by atoms with van der Waals surface area (Å²) in [6.07, 6.45) is 0. The van der Waals surface area contributed by atoms with Crippen LogP contribution in [0.2, 0.25) is 0 Å². The summed E-state index contributed by atoms with van der Waals surface area (Å²) in [4.78, 5) is 15.4. The molecule has 1 aromatic heterocycles. The van der Waals surface area contributed by atoms with Gasteiger partial charge in [0.15, 0.2) is 5.69 Å². The number of aromatic carboxylic acids is 1. The maximum absolute atomic E-state index is 13.0. The zero-order valence-corrected chi connectivity index (χ0v) is 9.21. The molecule has 0 fully saturated rings. The second-order valence-corrected chi connectivity index (χ2v) is 4.44. The van der Waals surface area contributed by atoms with Crippen molar-refractivity contribution in [1.29, 1.82) is 0 Å². The van der Waals surface area contributed by atoms with Crippen LogP contribution >= 0.6 is 11.3 Å². The molecule has 0 bridgehead atoms. The minimum Gasteiger partial charge on any atom is -0.476 e. The Morgan fingerprint density at radius 1 is 1.50 bits per heavy atom. The number of aryl methyl sites for hydroxylation is 1. The van der Waals surface area contributed by atoms with Crippen LogP contribution in [0.3, 0.4) is 0 Å². The summed E-state index contributed by atoms with van der Waals surface area (Å²) in [5, 5.41) is 9.37. The van der Waals surface area contributed by atoms with Crippen LogP contribution < -0.4 is 0 Å². The monoisotopic (exact) mass is 237 g/mol. The molecule has 3 nitrogen and oxygen atoms in total. The minimum atomic E-state index is -1.06. The number of benzene rings is 1. The minimum absolute atomic E-state index is 0.0317. The molecule has 0 aliphatic heterocycles. The van der Waals surface area contributed by atoms with E-state index in [1.165, 1.54) is 23.5 Å². The van der Waals surface area contributed by atoms with Crippen molar-refractivity contribution in [2.45, 2.75) is 6.92 Å². The Morgan fingerprint density at radius 3 is 2.81 bits per heavy atom. The average Bonchev–Trinajstić information content (AvgIpc) is 2.60. The fourth-order valence-corrected chi connectivity index (χ4v) is 2.24. The van der Waals surface area contributed by atoms with Gasteiger partial charge in [0.05, 0.1) is 0 Å². The Labute approximate surface area is 95.2 Å². The normalized spacial score (nSPS) is 10.4. The van der Waals surface area contributed by atoms with Gasteiger partial charge in [-0.15, -0.1) is 11.3 Å². The van der Waals surface area contributed by atoms with Crippen molar-refractivity contribution in [2.75, 3.05) is 0 Å². The number of hydrogen-bond acceptors (Lipinski definition) is 3. The molecule has 82 valence electrons. The topological polar surface area (TPSA) is 50.2 Å². The lowest BCUT2D eigenvalue weighted by atomic mass is 10.2. The van der Waals surface area contributed by atoms with Crippen LogP contribution in [-0.2, 0) is 0 Å². The lowest BCUT2D eigenvalue weighted by Gasteiger charge is -1.94. The maximum Gasteiger partial charge on any atom is 0.355 e. The standard InChI is InChI=1S/C11H8FNO2S/c1-6-9(11(14)15)13-10(16-6)7-3-2-4-8(12)5-7/h2-5H,1H3,(H,14,15). The predicted octanol–water partition coefficient (Wildman–Crippen LogP) is 2.96. The van der Waals surface area contributed by atoms with Crippen molar-refractivity contribution < 1.29 is 14.3 Å². The van der Waals surface area contributed by atoms with E-state index in [0.29, 0.717) is 15.4 Å². The second kappa shape index (κ2) is 4.02. The molecule has 0 saturated carbocycles. The lowest BCUT2D eigenvalue weighted by Crippen LogP contribution is -1.98. The van der Waals surface area contributed by atoms with E-state index in [1.807, 2.05) is 0 Å². The molecule has 0 radical (unpaired) electrons. The Hall–Kier alpha value is -1.75. The number of aromatic nitrogens is 1. The summed E-state index contributed by atoms with van der Waals surface area (Å²) >= 11 is 1.25. The summed E-state index contributed by atoms with van der Waals surface area (Å²) in [5.74, 6) is -1.42. The maximum atomic E-state index is 13.0. The highest BCUT2D eigenvalue weighted by molar-refractivity contribution is 7.15. The first-order chi connectivity index (χ1) is 7.58. The molecule has 2 aromatic rings. The van der Waals surface area contributed by atoms with Crippen LogP contribution in [-0.4, -0.2) is 16.1 Å². The molecule has 5 heteroatoms. The largest absolute Gasteiger partial charge is 0.476 e. The number of carboxylic acids is 1. The van der Waals surface area contributed by atoms with E-state index in [0.717, 1.165) is 0 Å². The van der Waals surface area contributed by atoms with Gasteiger partial charge >= 0.3 is 5.97 Å². The van der Waals surface area contributed by atoms with Crippen molar-refractivity contribution in [3.63, 3.8) is 0 Å². The van der Waals surface area contributed by atoms with Crippen LogP contribution in [0.25, 0.3) is 10.6 Å². The van der Waals surface area contributed by atoms with Crippen LogP contribution in [0.4, 0.5) is 4.39 Å². The lowest BCUT2D eigenvalue weighted by molar-refractivity contribution is 0.0690. The molecule has 0 amide bonds. The molecule has 1 heterocycles. The van der Waals surface area contributed by atoms with Gasteiger partial charge in [0.25, 0.3) is 0 Å². The molecule has 2 rings (SSSR count). The third-order valence-corrected chi connectivity index (χ3v) is 3.09. The van der Waals surface area contributed by atoms with Crippen molar-refractivity contribution in [2.24, 2.45) is 0 Å². The van der Waals surface area contributed by atoms with Crippen LogP contribution in [0.1, 0.15) is 15.4 Å². The quantitative estimate of drug-likeness (QED) is 0.873.